The van der Waals surface area contributed by atoms with E-state index in [2.05, 4.69) is 5.32 Å². The van der Waals surface area contributed by atoms with Crippen molar-refractivity contribution in [2.45, 2.75) is 32.4 Å². The molecule has 20 heavy (non-hydrogen) atoms. The van der Waals surface area contributed by atoms with Crippen molar-refractivity contribution in [2.75, 3.05) is 24.3 Å². The number of nitrogens with one attached hydrogen (secondary N) is 1. The lowest BCUT2D eigenvalue weighted by Crippen LogP contribution is -2.28. The van der Waals surface area contributed by atoms with E-state index in [1.165, 1.54) is 0 Å². The number of rotatable bonds is 4. The van der Waals surface area contributed by atoms with Crippen LogP contribution >= 0.6 is 11.6 Å². The first-order valence-electron chi connectivity index (χ1n) is 6.67. The minimum absolute atomic E-state index is 0.0682. The summed E-state index contributed by atoms with van der Waals surface area (Å²) >= 11 is 6.21. The van der Waals surface area contributed by atoms with Crippen molar-refractivity contribution in [1.29, 1.82) is 0 Å². The van der Waals surface area contributed by atoms with Gasteiger partial charge in [0.25, 0.3) is 0 Å². The van der Waals surface area contributed by atoms with Gasteiger partial charge in [0.1, 0.15) is 0 Å². The molecule has 110 valence electrons. The molecular formula is C14H19ClN2O3. The number of carbonyl (C=O) groups excluding carboxylic acids is 1. The number of ether oxygens (including phenoxy) is 2. The van der Waals surface area contributed by atoms with Gasteiger partial charge in [-0.2, -0.15) is 0 Å². The zero-order chi connectivity index (χ0) is 14.7. The second-order valence-electron chi connectivity index (χ2n) is 4.76. The van der Waals surface area contributed by atoms with Gasteiger partial charge in [0.05, 0.1) is 35.0 Å². The van der Waals surface area contributed by atoms with Crippen LogP contribution in [0.2, 0.25) is 5.02 Å². The molecule has 1 fully saturated rings. The summed E-state index contributed by atoms with van der Waals surface area (Å²) in [6.45, 7) is 4.74. The molecule has 6 heteroatoms. The van der Waals surface area contributed by atoms with Crippen LogP contribution in [0.5, 0.6) is 0 Å². The molecule has 0 bridgehead atoms. The number of carbonyl (C=O) groups is 1. The Kier molecular flexibility index (Phi) is 4.73. The molecule has 3 N–H and O–H groups in total. The highest BCUT2D eigenvalue weighted by Gasteiger charge is 2.27. The average Bonchev–Trinajstić information content (AvgIpc) is 2.78. The van der Waals surface area contributed by atoms with Crippen molar-refractivity contribution >= 4 is 28.9 Å². The van der Waals surface area contributed by atoms with Crippen LogP contribution in [-0.4, -0.2) is 31.3 Å². The molecule has 1 aliphatic rings. The number of anilines is 2. The fourth-order valence-corrected chi connectivity index (χ4v) is 2.53. The van der Waals surface area contributed by atoms with E-state index in [1.54, 1.807) is 19.1 Å². The lowest BCUT2D eigenvalue weighted by atomic mass is 10.1. The van der Waals surface area contributed by atoms with Gasteiger partial charge in [-0.05, 0) is 32.4 Å². The van der Waals surface area contributed by atoms with Gasteiger partial charge in [-0.1, -0.05) is 11.6 Å². The molecule has 2 rings (SSSR count). The van der Waals surface area contributed by atoms with Crippen molar-refractivity contribution in [3.05, 3.63) is 22.7 Å². The van der Waals surface area contributed by atoms with Crippen LogP contribution in [-0.2, 0) is 9.47 Å². The molecular weight excluding hydrogens is 280 g/mol. The number of halogens is 1. The molecule has 2 atom stereocenters. The smallest absolute Gasteiger partial charge is 0.340 e. The quantitative estimate of drug-likeness (QED) is 0.660. The molecule has 2 unspecified atom stereocenters. The van der Waals surface area contributed by atoms with E-state index >= 15 is 0 Å². The van der Waals surface area contributed by atoms with Crippen molar-refractivity contribution < 1.29 is 14.3 Å². The number of nitrogens with two attached hydrogens (primary N) is 1. The predicted molar refractivity (Wildman–Crippen MR) is 79.3 cm³/mol. The monoisotopic (exact) mass is 298 g/mol. The number of hydrogen-bond donors (Lipinski definition) is 2. The number of benzene rings is 1. The van der Waals surface area contributed by atoms with E-state index in [0.29, 0.717) is 35.2 Å². The molecule has 0 aliphatic carbocycles. The van der Waals surface area contributed by atoms with Crippen LogP contribution in [0.4, 0.5) is 11.4 Å². The lowest BCUT2D eigenvalue weighted by Gasteiger charge is -2.20. The maximum Gasteiger partial charge on any atom is 0.340 e. The molecule has 0 amide bonds. The Bertz CT molecular complexity index is 507. The fourth-order valence-electron chi connectivity index (χ4n) is 2.25. The SMILES string of the molecule is CCOC(=O)c1cc(N)cc(Cl)c1NC1CCOC1C. The molecule has 1 aliphatic heterocycles. The largest absolute Gasteiger partial charge is 0.462 e. The average molecular weight is 299 g/mol. The summed E-state index contributed by atoms with van der Waals surface area (Å²) in [4.78, 5) is 12.0. The summed E-state index contributed by atoms with van der Waals surface area (Å²) in [5, 5.41) is 3.69. The van der Waals surface area contributed by atoms with E-state index in [-0.39, 0.29) is 12.1 Å². The zero-order valence-electron chi connectivity index (χ0n) is 11.6. The number of esters is 1. The Balaban J connectivity index is 2.32. The molecule has 0 saturated carbocycles. The summed E-state index contributed by atoms with van der Waals surface area (Å²) in [5.41, 5.74) is 7.10. The third kappa shape index (κ3) is 3.16. The summed E-state index contributed by atoms with van der Waals surface area (Å²) in [5.74, 6) is -0.434. The topological polar surface area (TPSA) is 73.6 Å². The van der Waals surface area contributed by atoms with Crippen molar-refractivity contribution in [2.24, 2.45) is 0 Å². The van der Waals surface area contributed by atoms with E-state index < -0.39 is 5.97 Å². The highest BCUT2D eigenvalue weighted by molar-refractivity contribution is 6.34. The summed E-state index contributed by atoms with van der Waals surface area (Å²) < 4.78 is 10.5. The number of nitrogen functional groups attached to an aromatic ring is 1. The molecule has 5 nitrogen and oxygen atoms in total. The van der Waals surface area contributed by atoms with Gasteiger partial charge in [0.2, 0.25) is 0 Å². The molecule has 1 saturated heterocycles. The van der Waals surface area contributed by atoms with Crippen LogP contribution in [0, 0.1) is 0 Å². The Hall–Kier alpha value is -1.46. The third-order valence-electron chi connectivity index (χ3n) is 3.31. The Morgan fingerprint density at radius 2 is 2.35 bits per heavy atom. The molecule has 1 aromatic carbocycles. The molecule has 0 radical (unpaired) electrons. The molecule has 1 aromatic rings. The highest BCUT2D eigenvalue weighted by atomic mass is 35.5. The Morgan fingerprint density at radius 1 is 1.60 bits per heavy atom. The second-order valence-corrected chi connectivity index (χ2v) is 5.17. The maximum atomic E-state index is 12.0. The highest BCUT2D eigenvalue weighted by Crippen LogP contribution is 2.32. The van der Waals surface area contributed by atoms with Gasteiger partial charge in [-0.25, -0.2) is 4.79 Å². The van der Waals surface area contributed by atoms with Crippen LogP contribution in [0.1, 0.15) is 30.6 Å². The van der Waals surface area contributed by atoms with Crippen LogP contribution in [0.15, 0.2) is 12.1 Å². The van der Waals surface area contributed by atoms with Crippen LogP contribution in [0.3, 0.4) is 0 Å². The fraction of sp³-hybridized carbons (Fsp3) is 0.500. The predicted octanol–water partition coefficient (Wildman–Crippen LogP) is 2.69. The van der Waals surface area contributed by atoms with Crippen LogP contribution < -0.4 is 11.1 Å². The normalized spacial score (nSPS) is 21.8. The standard InChI is InChI=1S/C14H19ClN2O3/c1-3-19-14(18)10-6-9(16)7-11(15)13(10)17-12-4-5-20-8(12)2/h6-8,12,17H,3-5,16H2,1-2H3. The lowest BCUT2D eigenvalue weighted by molar-refractivity contribution is 0.0527. The third-order valence-corrected chi connectivity index (χ3v) is 3.61. The van der Waals surface area contributed by atoms with E-state index in [1.807, 2.05) is 6.92 Å². The van der Waals surface area contributed by atoms with Gasteiger partial charge < -0.3 is 20.5 Å². The van der Waals surface area contributed by atoms with Gasteiger partial charge in [-0.3, -0.25) is 0 Å². The first kappa shape index (κ1) is 14.9. The Labute approximate surface area is 123 Å². The zero-order valence-corrected chi connectivity index (χ0v) is 12.4. The summed E-state index contributed by atoms with van der Waals surface area (Å²) in [6.07, 6.45) is 0.933. The summed E-state index contributed by atoms with van der Waals surface area (Å²) in [7, 11) is 0. The van der Waals surface area contributed by atoms with Gasteiger partial charge in [-0.15, -0.1) is 0 Å². The minimum Gasteiger partial charge on any atom is -0.462 e. The molecule has 0 spiro atoms. The summed E-state index contributed by atoms with van der Waals surface area (Å²) in [6, 6.07) is 3.31. The first-order valence-corrected chi connectivity index (χ1v) is 7.05. The van der Waals surface area contributed by atoms with Crippen molar-refractivity contribution in [3.63, 3.8) is 0 Å². The Morgan fingerprint density at radius 3 is 2.95 bits per heavy atom. The minimum atomic E-state index is -0.434. The second kappa shape index (κ2) is 6.33. The van der Waals surface area contributed by atoms with E-state index in [0.717, 1.165) is 6.42 Å². The van der Waals surface area contributed by atoms with E-state index in [9.17, 15) is 4.79 Å². The maximum absolute atomic E-state index is 12.0. The molecule has 0 aromatic heterocycles. The first-order chi connectivity index (χ1) is 9.52. The van der Waals surface area contributed by atoms with E-state index in [4.69, 9.17) is 26.8 Å². The van der Waals surface area contributed by atoms with Gasteiger partial charge in [0.15, 0.2) is 0 Å². The number of hydrogen-bond acceptors (Lipinski definition) is 5. The van der Waals surface area contributed by atoms with Gasteiger partial charge in [0, 0.05) is 12.3 Å². The van der Waals surface area contributed by atoms with Crippen molar-refractivity contribution in [3.8, 4) is 0 Å². The van der Waals surface area contributed by atoms with Crippen LogP contribution in [0.25, 0.3) is 0 Å². The van der Waals surface area contributed by atoms with Gasteiger partial charge >= 0.3 is 5.97 Å². The van der Waals surface area contributed by atoms with Crippen molar-refractivity contribution in [1.82, 2.24) is 0 Å². The molecule has 1 heterocycles.